The van der Waals surface area contributed by atoms with Crippen molar-refractivity contribution in [3.63, 3.8) is 0 Å². The number of aromatic nitrogens is 3. The number of hydrogen-bond acceptors (Lipinski definition) is 8. The molecule has 2 aliphatic rings. The summed E-state index contributed by atoms with van der Waals surface area (Å²) in [7, 11) is 0. The summed E-state index contributed by atoms with van der Waals surface area (Å²) in [6.45, 7) is 1.20. The van der Waals surface area contributed by atoms with E-state index in [1.54, 1.807) is 0 Å². The highest BCUT2D eigenvalue weighted by Gasteiger charge is 2.33. The lowest BCUT2D eigenvalue weighted by atomic mass is 9.96. The highest BCUT2D eigenvalue weighted by atomic mass is 16.6. The van der Waals surface area contributed by atoms with Gasteiger partial charge in [0.1, 0.15) is 11.6 Å². The zero-order chi connectivity index (χ0) is 17.4. The predicted octanol–water partition coefficient (Wildman–Crippen LogP) is 2.51. The van der Waals surface area contributed by atoms with Crippen LogP contribution in [-0.4, -0.2) is 33.1 Å². The molecule has 2 fully saturated rings. The lowest BCUT2D eigenvalue weighted by Crippen LogP contribution is -2.34. The summed E-state index contributed by atoms with van der Waals surface area (Å²) < 4.78 is 5.32. The molecule has 1 aliphatic heterocycles. The Bertz CT molecular complexity index is 846. The molecule has 9 heteroatoms. The number of rotatable bonds is 4. The maximum atomic E-state index is 11.4. The molecule has 2 aromatic rings. The van der Waals surface area contributed by atoms with E-state index >= 15 is 0 Å². The third-order valence-corrected chi connectivity index (χ3v) is 4.75. The Hall–Kier alpha value is -3.02. The molecule has 1 aliphatic carbocycles. The molecule has 0 unspecified atom stereocenters. The maximum Gasteiger partial charge on any atom is 0.329 e. The molecule has 25 heavy (non-hydrogen) atoms. The van der Waals surface area contributed by atoms with Crippen molar-refractivity contribution in [2.24, 2.45) is 0 Å². The van der Waals surface area contributed by atoms with E-state index in [1.807, 2.05) is 11.0 Å². The van der Waals surface area contributed by atoms with E-state index < -0.39 is 4.92 Å². The van der Waals surface area contributed by atoms with Crippen molar-refractivity contribution in [2.75, 3.05) is 18.0 Å². The fourth-order valence-corrected chi connectivity index (χ4v) is 3.20. The largest absolute Gasteiger partial charge is 0.351 e. The average Bonchev–Trinajstić information content (AvgIpc) is 3.38. The summed E-state index contributed by atoms with van der Waals surface area (Å²) >= 11 is 0. The molecule has 0 bridgehead atoms. The molecule has 0 N–H and O–H groups in total. The molecule has 0 spiro atoms. The van der Waals surface area contributed by atoms with E-state index in [1.165, 1.54) is 12.3 Å². The normalized spacial score (nSPS) is 18.1. The van der Waals surface area contributed by atoms with Crippen molar-refractivity contribution in [3.8, 4) is 6.07 Å². The van der Waals surface area contributed by atoms with Gasteiger partial charge in [0.05, 0.1) is 4.92 Å². The Morgan fingerprint density at radius 3 is 2.68 bits per heavy atom. The van der Waals surface area contributed by atoms with Crippen LogP contribution in [0.2, 0.25) is 0 Å². The molecule has 1 saturated carbocycles. The summed E-state index contributed by atoms with van der Waals surface area (Å²) in [5.41, 5.74) is -0.191. The van der Waals surface area contributed by atoms with Gasteiger partial charge in [0.25, 0.3) is 0 Å². The van der Waals surface area contributed by atoms with Crippen LogP contribution in [-0.2, 0) is 0 Å². The smallest absolute Gasteiger partial charge is 0.329 e. The topological polar surface area (TPSA) is 122 Å². The standard InChI is InChI=1S/C16H16N6O3/c17-9-12-3-6-18-15(13(12)22(23)24)21-7-4-10(5-8-21)14-19-16(25-20-14)11-1-2-11/h3,6,10-11H,1-2,4-5,7-8H2. The van der Waals surface area contributed by atoms with E-state index in [0.717, 1.165) is 37.4 Å². The summed E-state index contributed by atoms with van der Waals surface area (Å²) in [4.78, 5) is 21.3. The minimum atomic E-state index is -0.534. The molecule has 0 aromatic carbocycles. The van der Waals surface area contributed by atoms with Gasteiger partial charge < -0.3 is 9.42 Å². The number of nitrogens with zero attached hydrogens (tertiary/aromatic N) is 6. The quantitative estimate of drug-likeness (QED) is 0.614. The Morgan fingerprint density at radius 2 is 2.04 bits per heavy atom. The zero-order valence-electron chi connectivity index (χ0n) is 13.5. The van der Waals surface area contributed by atoms with Gasteiger partial charge in [-0.05, 0) is 31.7 Å². The first-order valence-corrected chi connectivity index (χ1v) is 8.29. The maximum absolute atomic E-state index is 11.4. The summed E-state index contributed by atoms with van der Waals surface area (Å²) in [5, 5.41) is 24.6. The summed E-state index contributed by atoms with van der Waals surface area (Å²) in [6.07, 6.45) is 5.20. The molecule has 3 heterocycles. The number of pyridine rings is 1. The second-order valence-electron chi connectivity index (χ2n) is 6.43. The van der Waals surface area contributed by atoms with Crippen LogP contribution in [0.4, 0.5) is 11.5 Å². The van der Waals surface area contributed by atoms with Gasteiger partial charge in [-0.1, -0.05) is 5.16 Å². The first kappa shape index (κ1) is 15.5. The number of piperidine rings is 1. The van der Waals surface area contributed by atoms with Gasteiger partial charge >= 0.3 is 5.69 Å². The lowest BCUT2D eigenvalue weighted by Gasteiger charge is -2.31. The lowest BCUT2D eigenvalue weighted by molar-refractivity contribution is -0.384. The fraction of sp³-hybridized carbons (Fsp3) is 0.500. The molecule has 0 atom stereocenters. The van der Waals surface area contributed by atoms with Crippen LogP contribution in [0.3, 0.4) is 0 Å². The molecular formula is C16H16N6O3. The SMILES string of the molecule is N#Cc1ccnc(N2CCC(c3noc(C4CC4)n3)CC2)c1[N+](=O)[O-]. The van der Waals surface area contributed by atoms with Gasteiger partial charge in [0.15, 0.2) is 5.82 Å². The van der Waals surface area contributed by atoms with Gasteiger partial charge in [-0.25, -0.2) is 4.98 Å². The van der Waals surface area contributed by atoms with Crippen LogP contribution in [0, 0.1) is 21.4 Å². The first-order valence-electron chi connectivity index (χ1n) is 8.29. The van der Waals surface area contributed by atoms with Crippen LogP contribution >= 0.6 is 0 Å². The highest BCUT2D eigenvalue weighted by molar-refractivity contribution is 5.65. The van der Waals surface area contributed by atoms with Gasteiger partial charge in [0.2, 0.25) is 11.7 Å². The van der Waals surface area contributed by atoms with Gasteiger partial charge in [0, 0.05) is 31.1 Å². The van der Waals surface area contributed by atoms with Crippen LogP contribution in [0.1, 0.15) is 54.8 Å². The Morgan fingerprint density at radius 1 is 1.28 bits per heavy atom. The van der Waals surface area contributed by atoms with Crippen molar-refractivity contribution in [1.82, 2.24) is 15.1 Å². The highest BCUT2D eigenvalue weighted by Crippen LogP contribution is 2.40. The van der Waals surface area contributed by atoms with E-state index in [4.69, 9.17) is 9.78 Å². The third-order valence-electron chi connectivity index (χ3n) is 4.75. The molecule has 1 saturated heterocycles. The Kier molecular flexibility index (Phi) is 3.80. The van der Waals surface area contributed by atoms with Crippen LogP contribution in [0.25, 0.3) is 0 Å². The molecular weight excluding hydrogens is 324 g/mol. The third kappa shape index (κ3) is 2.91. The molecule has 9 nitrogen and oxygen atoms in total. The summed E-state index contributed by atoms with van der Waals surface area (Å²) in [5.74, 6) is 2.34. The second-order valence-corrected chi connectivity index (χ2v) is 6.43. The van der Waals surface area contributed by atoms with Gasteiger partial charge in [-0.15, -0.1) is 0 Å². The number of nitro groups is 1. The van der Waals surface area contributed by atoms with Crippen molar-refractivity contribution < 1.29 is 9.45 Å². The molecule has 0 radical (unpaired) electrons. The number of nitriles is 1. The van der Waals surface area contributed by atoms with E-state index in [0.29, 0.717) is 19.0 Å². The second kappa shape index (κ2) is 6.12. The van der Waals surface area contributed by atoms with Crippen molar-refractivity contribution in [1.29, 1.82) is 5.26 Å². The number of hydrogen-bond donors (Lipinski definition) is 0. The molecule has 0 amide bonds. The predicted molar refractivity (Wildman–Crippen MR) is 86.1 cm³/mol. The summed E-state index contributed by atoms with van der Waals surface area (Å²) in [6, 6.07) is 3.24. The minimum Gasteiger partial charge on any atom is -0.351 e. The van der Waals surface area contributed by atoms with Crippen molar-refractivity contribution in [3.05, 3.63) is 39.7 Å². The van der Waals surface area contributed by atoms with E-state index in [2.05, 4.69) is 15.1 Å². The number of anilines is 1. The van der Waals surface area contributed by atoms with Crippen LogP contribution in [0.15, 0.2) is 16.8 Å². The fourth-order valence-electron chi connectivity index (χ4n) is 3.20. The molecule has 128 valence electrons. The Labute approximate surface area is 143 Å². The van der Waals surface area contributed by atoms with Crippen molar-refractivity contribution >= 4 is 11.5 Å². The monoisotopic (exact) mass is 340 g/mol. The Balaban J connectivity index is 1.50. The van der Waals surface area contributed by atoms with E-state index in [-0.39, 0.29) is 23.0 Å². The van der Waals surface area contributed by atoms with Gasteiger partial charge in [-0.2, -0.15) is 10.2 Å². The average molecular weight is 340 g/mol. The van der Waals surface area contributed by atoms with E-state index in [9.17, 15) is 10.1 Å². The first-order chi connectivity index (χ1) is 12.2. The molecule has 4 rings (SSSR count). The minimum absolute atomic E-state index is 0.0318. The van der Waals surface area contributed by atoms with Crippen LogP contribution in [0.5, 0.6) is 0 Å². The van der Waals surface area contributed by atoms with Crippen LogP contribution < -0.4 is 4.90 Å². The van der Waals surface area contributed by atoms with Gasteiger partial charge in [-0.3, -0.25) is 10.1 Å². The zero-order valence-corrected chi connectivity index (χ0v) is 13.5. The molecule has 2 aromatic heterocycles. The van der Waals surface area contributed by atoms with Crippen molar-refractivity contribution in [2.45, 2.75) is 37.5 Å².